The van der Waals surface area contributed by atoms with Crippen molar-refractivity contribution < 1.29 is 51.4 Å². The first kappa shape index (κ1) is 13.2. The molecule has 0 N–H and O–H groups in total. The predicted octanol–water partition coefficient (Wildman–Crippen LogP) is -1.44. The second-order valence-electron chi connectivity index (χ2n) is 1.93. The van der Waals surface area contributed by atoms with Gasteiger partial charge in [-0.05, 0) is 19.5 Å². The molecule has 50 valence electrons. The van der Waals surface area contributed by atoms with Crippen LogP contribution in [0.5, 0.6) is 0 Å². The molecule has 0 heterocycles. The standard InChI is InChI=1S/C7H16N.K/c1-4-7-8(5-2)6-3;/h2,4-7H2,1,3H3;/q-1;+1. The number of hydrogen-bond donors (Lipinski definition) is 0. The summed E-state index contributed by atoms with van der Waals surface area (Å²) in [7, 11) is 0. The van der Waals surface area contributed by atoms with Crippen LogP contribution in [0.25, 0.3) is 0 Å². The number of hydrogen-bond acceptors (Lipinski definition) is 1. The van der Waals surface area contributed by atoms with Gasteiger partial charge >= 0.3 is 51.4 Å². The van der Waals surface area contributed by atoms with E-state index in [1.807, 2.05) is 0 Å². The maximum atomic E-state index is 3.80. The number of nitrogens with zero attached hydrogens (tertiary/aromatic N) is 1. The molecule has 9 heavy (non-hydrogen) atoms. The van der Waals surface area contributed by atoms with Gasteiger partial charge in [0.25, 0.3) is 0 Å². The Morgan fingerprint density at radius 3 is 2.00 bits per heavy atom. The molecular formula is C7H16KN. The molecule has 0 radical (unpaired) electrons. The summed E-state index contributed by atoms with van der Waals surface area (Å²) in [4.78, 5) is 2.32. The summed E-state index contributed by atoms with van der Waals surface area (Å²) in [6.07, 6.45) is 1.24. The van der Waals surface area contributed by atoms with Gasteiger partial charge in [0, 0.05) is 0 Å². The van der Waals surface area contributed by atoms with Gasteiger partial charge in [-0.1, -0.05) is 13.8 Å². The van der Waals surface area contributed by atoms with Crippen LogP contribution < -0.4 is 51.4 Å². The van der Waals surface area contributed by atoms with Crippen molar-refractivity contribution in [2.75, 3.05) is 19.6 Å². The minimum absolute atomic E-state index is 0. The van der Waals surface area contributed by atoms with Gasteiger partial charge in [0.05, 0.1) is 0 Å². The third-order valence-electron chi connectivity index (χ3n) is 1.30. The van der Waals surface area contributed by atoms with Crippen LogP contribution in [0.4, 0.5) is 0 Å². The van der Waals surface area contributed by atoms with E-state index in [1.165, 1.54) is 13.0 Å². The zero-order valence-corrected chi connectivity index (χ0v) is 10.1. The Balaban J connectivity index is 0. The average Bonchev–Trinajstić information content (AvgIpc) is 1.83. The van der Waals surface area contributed by atoms with E-state index < -0.39 is 0 Å². The van der Waals surface area contributed by atoms with Gasteiger partial charge in [0.2, 0.25) is 0 Å². The molecule has 0 amide bonds. The summed E-state index contributed by atoms with van der Waals surface area (Å²) >= 11 is 0. The Labute approximate surface area is 102 Å². The second-order valence-corrected chi connectivity index (χ2v) is 1.93. The fourth-order valence-electron chi connectivity index (χ4n) is 0.744. The molecule has 0 aromatic carbocycles. The van der Waals surface area contributed by atoms with Crippen LogP contribution in [0.15, 0.2) is 0 Å². The third kappa shape index (κ3) is 7.49. The Morgan fingerprint density at radius 1 is 1.33 bits per heavy atom. The largest absolute Gasteiger partial charge is 1.00 e. The maximum Gasteiger partial charge on any atom is 1.00 e. The van der Waals surface area contributed by atoms with E-state index in [0.29, 0.717) is 0 Å². The van der Waals surface area contributed by atoms with Crippen LogP contribution in [0.2, 0.25) is 0 Å². The summed E-state index contributed by atoms with van der Waals surface area (Å²) in [5, 5.41) is 0. The van der Waals surface area contributed by atoms with Gasteiger partial charge in [-0.2, -0.15) is 0 Å². The Hall–Kier alpha value is 1.60. The first-order chi connectivity index (χ1) is 3.85. The first-order valence-electron chi connectivity index (χ1n) is 3.36. The molecule has 2 heteroatoms. The second kappa shape index (κ2) is 9.60. The van der Waals surface area contributed by atoms with Crippen molar-refractivity contribution in [3.8, 4) is 0 Å². The molecule has 1 nitrogen and oxygen atoms in total. The van der Waals surface area contributed by atoms with Crippen LogP contribution in [0.3, 0.4) is 0 Å². The van der Waals surface area contributed by atoms with E-state index in [1.54, 1.807) is 0 Å². The van der Waals surface area contributed by atoms with E-state index in [2.05, 4.69) is 25.7 Å². The van der Waals surface area contributed by atoms with Gasteiger partial charge in [0.15, 0.2) is 0 Å². The van der Waals surface area contributed by atoms with Crippen molar-refractivity contribution in [3.63, 3.8) is 0 Å². The molecule has 0 saturated carbocycles. The molecular weight excluding hydrogens is 137 g/mol. The van der Waals surface area contributed by atoms with Gasteiger partial charge in [-0.25, -0.2) is 0 Å². The molecule has 0 rings (SSSR count). The average molecular weight is 153 g/mol. The van der Waals surface area contributed by atoms with E-state index in [9.17, 15) is 0 Å². The van der Waals surface area contributed by atoms with Crippen LogP contribution in [-0.4, -0.2) is 24.5 Å². The van der Waals surface area contributed by atoms with E-state index in [0.717, 1.165) is 13.1 Å². The van der Waals surface area contributed by atoms with Crippen molar-refractivity contribution in [2.45, 2.75) is 20.3 Å². The van der Waals surface area contributed by atoms with E-state index in [4.69, 9.17) is 0 Å². The van der Waals surface area contributed by atoms with Gasteiger partial charge in [-0.15, -0.1) is 6.54 Å². The monoisotopic (exact) mass is 153 g/mol. The molecule has 0 aromatic rings. The molecule has 0 aliphatic carbocycles. The Morgan fingerprint density at radius 2 is 1.89 bits per heavy atom. The quantitative estimate of drug-likeness (QED) is 0.353. The maximum absolute atomic E-state index is 3.80. The third-order valence-corrected chi connectivity index (χ3v) is 1.30. The van der Waals surface area contributed by atoms with Crippen LogP contribution >= 0.6 is 0 Å². The van der Waals surface area contributed by atoms with Crippen molar-refractivity contribution in [2.24, 2.45) is 0 Å². The van der Waals surface area contributed by atoms with Crippen molar-refractivity contribution in [3.05, 3.63) is 6.92 Å². The summed E-state index contributed by atoms with van der Waals surface area (Å²) in [5.41, 5.74) is 0. The minimum atomic E-state index is 0. The Bertz CT molecular complexity index is 44.2. The van der Waals surface area contributed by atoms with E-state index >= 15 is 0 Å². The fraction of sp³-hybridized carbons (Fsp3) is 0.857. The molecule has 0 aromatic heterocycles. The normalized spacial score (nSPS) is 9.33. The zero-order valence-electron chi connectivity index (χ0n) is 6.98. The molecule has 0 unspecified atom stereocenters. The summed E-state index contributed by atoms with van der Waals surface area (Å²) < 4.78 is 0. The molecule has 0 spiro atoms. The van der Waals surface area contributed by atoms with Crippen LogP contribution in [0.1, 0.15) is 20.3 Å². The SMILES string of the molecule is [CH2-]CN(CC)CCC.[K+]. The van der Waals surface area contributed by atoms with Crippen molar-refractivity contribution in [1.82, 2.24) is 4.90 Å². The topological polar surface area (TPSA) is 3.24 Å². The summed E-state index contributed by atoms with van der Waals surface area (Å²) in [5.74, 6) is 0. The Kier molecular flexibility index (Phi) is 14.1. The van der Waals surface area contributed by atoms with Crippen molar-refractivity contribution >= 4 is 0 Å². The van der Waals surface area contributed by atoms with Gasteiger partial charge < -0.3 is 11.8 Å². The molecule has 0 aliphatic rings. The van der Waals surface area contributed by atoms with E-state index in [-0.39, 0.29) is 51.4 Å². The molecule has 0 saturated heterocycles. The molecule has 0 fully saturated rings. The van der Waals surface area contributed by atoms with Gasteiger partial charge in [0.1, 0.15) is 0 Å². The molecule has 0 aliphatic heterocycles. The van der Waals surface area contributed by atoms with Gasteiger partial charge in [-0.3, -0.25) is 0 Å². The first-order valence-corrected chi connectivity index (χ1v) is 3.36. The predicted molar refractivity (Wildman–Crippen MR) is 37.8 cm³/mol. The molecule has 0 bridgehead atoms. The number of rotatable bonds is 4. The zero-order chi connectivity index (χ0) is 6.41. The molecule has 0 atom stereocenters. The summed E-state index contributed by atoms with van der Waals surface area (Å²) in [6, 6.07) is 0. The van der Waals surface area contributed by atoms with Crippen LogP contribution in [-0.2, 0) is 0 Å². The van der Waals surface area contributed by atoms with Crippen molar-refractivity contribution in [1.29, 1.82) is 0 Å². The summed E-state index contributed by atoms with van der Waals surface area (Å²) in [6.45, 7) is 11.4. The van der Waals surface area contributed by atoms with Crippen LogP contribution in [0, 0.1) is 6.92 Å². The minimum Gasteiger partial charge on any atom is -0.333 e. The smallest absolute Gasteiger partial charge is 0.333 e. The fourth-order valence-corrected chi connectivity index (χ4v) is 0.744.